The van der Waals surface area contributed by atoms with Gasteiger partial charge in [-0.05, 0) is 43.4 Å². The van der Waals surface area contributed by atoms with Crippen molar-refractivity contribution in [3.05, 3.63) is 34.5 Å². The molecule has 0 saturated carbocycles. The van der Waals surface area contributed by atoms with E-state index < -0.39 is 0 Å². The molecule has 0 bridgehead atoms. The molecule has 0 radical (unpaired) electrons. The van der Waals surface area contributed by atoms with Gasteiger partial charge in [-0.3, -0.25) is 0 Å². The molecular formula is C13H18N2S2. The van der Waals surface area contributed by atoms with Gasteiger partial charge in [-0.25, -0.2) is 0 Å². The molecule has 4 heteroatoms. The van der Waals surface area contributed by atoms with E-state index in [1.165, 1.54) is 17.7 Å². The summed E-state index contributed by atoms with van der Waals surface area (Å²) in [7, 11) is 0. The summed E-state index contributed by atoms with van der Waals surface area (Å²) in [5.41, 5.74) is 1.11. The third kappa shape index (κ3) is 3.07. The van der Waals surface area contributed by atoms with Crippen LogP contribution in [-0.4, -0.2) is 23.1 Å². The van der Waals surface area contributed by atoms with Crippen LogP contribution in [0.3, 0.4) is 0 Å². The third-order valence-electron chi connectivity index (χ3n) is 2.93. The minimum atomic E-state index is 0.472. The Balaban J connectivity index is 1.99. The van der Waals surface area contributed by atoms with E-state index in [1.807, 2.05) is 18.3 Å². The minimum absolute atomic E-state index is 0.472. The van der Waals surface area contributed by atoms with E-state index in [1.54, 1.807) is 0 Å². The Morgan fingerprint density at radius 3 is 3.18 bits per heavy atom. The second-order valence-corrected chi connectivity index (χ2v) is 5.85. The molecule has 1 aliphatic rings. The van der Waals surface area contributed by atoms with Crippen molar-refractivity contribution in [1.82, 2.24) is 10.2 Å². The quantitative estimate of drug-likeness (QED) is 0.667. The number of thiocarbonyl (C=S) groups is 1. The lowest BCUT2D eigenvalue weighted by Crippen LogP contribution is -2.39. The van der Waals surface area contributed by atoms with Crippen LogP contribution in [0.1, 0.15) is 30.7 Å². The van der Waals surface area contributed by atoms with E-state index in [2.05, 4.69) is 34.3 Å². The van der Waals surface area contributed by atoms with E-state index in [0.29, 0.717) is 6.04 Å². The first kappa shape index (κ1) is 12.6. The van der Waals surface area contributed by atoms with Crippen LogP contribution in [0.15, 0.2) is 29.7 Å². The Morgan fingerprint density at radius 1 is 1.71 bits per heavy atom. The van der Waals surface area contributed by atoms with Crippen LogP contribution in [0.25, 0.3) is 0 Å². The van der Waals surface area contributed by atoms with Gasteiger partial charge in [-0.15, -0.1) is 11.3 Å². The zero-order valence-electron chi connectivity index (χ0n) is 10.1. The van der Waals surface area contributed by atoms with Crippen LogP contribution in [0, 0.1) is 0 Å². The summed E-state index contributed by atoms with van der Waals surface area (Å²) in [6.07, 6.45) is 2.42. The van der Waals surface area contributed by atoms with Gasteiger partial charge in [-0.2, -0.15) is 0 Å². The molecule has 1 aromatic rings. The van der Waals surface area contributed by atoms with Gasteiger partial charge >= 0.3 is 0 Å². The topological polar surface area (TPSA) is 15.3 Å². The van der Waals surface area contributed by atoms with Crippen LogP contribution in [0.2, 0.25) is 0 Å². The van der Waals surface area contributed by atoms with Gasteiger partial charge in [0.15, 0.2) is 5.11 Å². The highest BCUT2D eigenvalue weighted by Gasteiger charge is 2.28. The molecular weight excluding hydrogens is 248 g/mol. The molecule has 2 rings (SSSR count). The predicted molar refractivity (Wildman–Crippen MR) is 78.4 cm³/mol. The van der Waals surface area contributed by atoms with Crippen molar-refractivity contribution in [2.75, 3.05) is 13.1 Å². The molecule has 1 atom stereocenters. The molecule has 1 fully saturated rings. The summed E-state index contributed by atoms with van der Waals surface area (Å²) in [4.78, 5) is 3.73. The number of thiophene rings is 1. The zero-order chi connectivity index (χ0) is 12.3. The second-order valence-electron chi connectivity index (χ2n) is 4.48. The van der Waals surface area contributed by atoms with Gasteiger partial charge in [0.05, 0.1) is 6.04 Å². The Kier molecular flexibility index (Phi) is 4.18. The molecule has 2 nitrogen and oxygen atoms in total. The largest absolute Gasteiger partial charge is 0.359 e. The van der Waals surface area contributed by atoms with Gasteiger partial charge in [0.1, 0.15) is 0 Å². The van der Waals surface area contributed by atoms with Crippen LogP contribution < -0.4 is 5.32 Å². The van der Waals surface area contributed by atoms with Gasteiger partial charge in [0.25, 0.3) is 0 Å². The normalized spacial score (nSPS) is 19.4. The molecule has 1 N–H and O–H groups in total. The molecule has 17 heavy (non-hydrogen) atoms. The van der Waals surface area contributed by atoms with Crippen molar-refractivity contribution in [2.24, 2.45) is 0 Å². The van der Waals surface area contributed by atoms with Crippen LogP contribution in [0.5, 0.6) is 0 Å². The van der Waals surface area contributed by atoms with Crippen LogP contribution in [-0.2, 0) is 0 Å². The molecule has 1 unspecified atom stereocenters. The Labute approximate surface area is 112 Å². The first-order chi connectivity index (χ1) is 8.18. The smallest absolute Gasteiger partial charge is 0.169 e. The van der Waals surface area contributed by atoms with Gasteiger partial charge < -0.3 is 10.2 Å². The highest BCUT2D eigenvalue weighted by Crippen LogP contribution is 2.34. The molecule has 0 aliphatic carbocycles. The molecule has 0 spiro atoms. The average molecular weight is 266 g/mol. The summed E-state index contributed by atoms with van der Waals surface area (Å²) in [6, 6.07) is 4.79. The highest BCUT2D eigenvalue weighted by atomic mass is 32.1. The molecule has 2 heterocycles. The molecule has 92 valence electrons. The Bertz CT molecular complexity index is 398. The molecule has 1 aromatic heterocycles. The second kappa shape index (κ2) is 5.65. The molecule has 0 amide bonds. The fraction of sp³-hybridized carbons (Fsp3) is 0.462. The van der Waals surface area contributed by atoms with E-state index in [0.717, 1.165) is 23.8 Å². The maximum Gasteiger partial charge on any atom is 0.169 e. The summed E-state index contributed by atoms with van der Waals surface area (Å²) >= 11 is 7.28. The molecule has 1 aliphatic heterocycles. The number of likely N-dealkylation sites (tertiary alicyclic amines) is 1. The maximum absolute atomic E-state index is 5.46. The summed E-state index contributed by atoms with van der Waals surface area (Å²) in [6.45, 7) is 7.72. The first-order valence-corrected chi connectivity index (χ1v) is 7.19. The summed E-state index contributed by atoms with van der Waals surface area (Å²) in [5, 5.41) is 6.28. The summed E-state index contributed by atoms with van der Waals surface area (Å²) < 4.78 is 0. The highest BCUT2D eigenvalue weighted by molar-refractivity contribution is 7.80. The molecule has 0 aromatic carbocycles. The predicted octanol–water partition coefficient (Wildman–Crippen LogP) is 3.34. The van der Waals surface area contributed by atoms with Crippen molar-refractivity contribution in [3.8, 4) is 0 Å². The van der Waals surface area contributed by atoms with Crippen molar-refractivity contribution >= 4 is 28.7 Å². The van der Waals surface area contributed by atoms with E-state index >= 15 is 0 Å². The Morgan fingerprint density at radius 2 is 2.53 bits per heavy atom. The Hall–Kier alpha value is -0.870. The monoisotopic (exact) mass is 266 g/mol. The van der Waals surface area contributed by atoms with Crippen molar-refractivity contribution in [1.29, 1.82) is 0 Å². The zero-order valence-corrected chi connectivity index (χ0v) is 11.7. The average Bonchev–Trinajstić information content (AvgIpc) is 2.94. The van der Waals surface area contributed by atoms with Gasteiger partial charge in [0.2, 0.25) is 0 Å². The lowest BCUT2D eigenvalue weighted by atomic mass is 10.2. The van der Waals surface area contributed by atoms with E-state index in [4.69, 9.17) is 12.2 Å². The third-order valence-corrected chi connectivity index (χ3v) is 4.28. The minimum Gasteiger partial charge on any atom is -0.359 e. The SMILES string of the molecule is C=C(C)CNC(=S)N1CCCC1c1cccs1. The van der Waals surface area contributed by atoms with Crippen LogP contribution >= 0.6 is 23.6 Å². The van der Waals surface area contributed by atoms with Crippen molar-refractivity contribution in [2.45, 2.75) is 25.8 Å². The first-order valence-electron chi connectivity index (χ1n) is 5.90. The summed E-state index contributed by atoms with van der Waals surface area (Å²) in [5.74, 6) is 0. The lowest BCUT2D eigenvalue weighted by Gasteiger charge is -2.27. The van der Waals surface area contributed by atoms with Crippen molar-refractivity contribution in [3.63, 3.8) is 0 Å². The van der Waals surface area contributed by atoms with Crippen LogP contribution in [0.4, 0.5) is 0 Å². The number of nitrogens with one attached hydrogen (secondary N) is 1. The fourth-order valence-electron chi connectivity index (χ4n) is 2.11. The standard InChI is InChI=1S/C13H18N2S2/c1-10(2)9-14-13(16)15-7-3-5-11(15)12-6-4-8-17-12/h4,6,8,11H,1,3,5,7,9H2,2H3,(H,14,16). The number of nitrogens with zero attached hydrogens (tertiary/aromatic N) is 1. The maximum atomic E-state index is 5.46. The molecule has 1 saturated heterocycles. The van der Waals surface area contributed by atoms with Crippen molar-refractivity contribution < 1.29 is 0 Å². The number of hydrogen-bond acceptors (Lipinski definition) is 2. The van der Waals surface area contributed by atoms with Gasteiger partial charge in [0, 0.05) is 18.0 Å². The van der Waals surface area contributed by atoms with E-state index in [-0.39, 0.29) is 0 Å². The lowest BCUT2D eigenvalue weighted by molar-refractivity contribution is 0.400. The fourth-order valence-corrected chi connectivity index (χ4v) is 3.28. The van der Waals surface area contributed by atoms with Gasteiger partial charge in [-0.1, -0.05) is 18.2 Å². The number of rotatable bonds is 3. The number of hydrogen-bond donors (Lipinski definition) is 1. The van der Waals surface area contributed by atoms with E-state index in [9.17, 15) is 0 Å².